The predicted octanol–water partition coefficient (Wildman–Crippen LogP) is 4.35. The van der Waals surface area contributed by atoms with E-state index in [-0.39, 0.29) is 0 Å². The second kappa shape index (κ2) is 4.37. The summed E-state index contributed by atoms with van der Waals surface area (Å²) < 4.78 is 0.973. The zero-order valence-electron chi connectivity index (χ0n) is 9.54. The van der Waals surface area contributed by atoms with Crippen molar-refractivity contribution < 1.29 is 0 Å². The first kappa shape index (κ1) is 11.7. The number of aromatic amines is 1. The molecule has 0 radical (unpaired) electrons. The molecule has 0 fully saturated rings. The van der Waals surface area contributed by atoms with E-state index in [4.69, 9.17) is 11.6 Å². The van der Waals surface area contributed by atoms with Crippen LogP contribution in [0, 0.1) is 6.92 Å². The topological polar surface area (TPSA) is 41.6 Å². The highest BCUT2D eigenvalue weighted by atomic mass is 79.9. The van der Waals surface area contributed by atoms with Crippen molar-refractivity contribution in [2.75, 3.05) is 0 Å². The molecule has 5 heteroatoms. The second-order valence-electron chi connectivity index (χ2n) is 3.97. The number of nitrogens with one attached hydrogen (secondary N) is 1. The van der Waals surface area contributed by atoms with E-state index in [1.54, 1.807) is 0 Å². The Morgan fingerprint density at radius 1 is 1.22 bits per heavy atom. The molecule has 0 aliphatic carbocycles. The Labute approximate surface area is 117 Å². The maximum atomic E-state index is 6.17. The Bertz CT molecular complexity index is 736. The van der Waals surface area contributed by atoms with E-state index in [0.29, 0.717) is 10.8 Å². The number of aromatic nitrogens is 3. The molecule has 3 aromatic rings. The lowest BCUT2D eigenvalue weighted by Gasteiger charge is -2.04. The fourth-order valence-corrected chi connectivity index (χ4v) is 2.74. The average molecular weight is 323 g/mol. The summed E-state index contributed by atoms with van der Waals surface area (Å²) in [4.78, 5) is 12.1. The minimum absolute atomic E-state index is 0.639. The maximum absolute atomic E-state index is 6.17. The average Bonchev–Trinajstić information content (AvgIpc) is 2.72. The van der Waals surface area contributed by atoms with E-state index in [0.717, 1.165) is 26.8 Å². The normalized spacial score (nSPS) is 11.1. The van der Waals surface area contributed by atoms with Gasteiger partial charge in [-0.1, -0.05) is 23.7 Å². The van der Waals surface area contributed by atoms with Gasteiger partial charge >= 0.3 is 0 Å². The minimum atomic E-state index is 0.639. The van der Waals surface area contributed by atoms with Gasteiger partial charge in [-0.15, -0.1) is 0 Å². The van der Waals surface area contributed by atoms with Gasteiger partial charge in [0.15, 0.2) is 5.82 Å². The Kier molecular flexibility index (Phi) is 2.84. The second-order valence-corrected chi connectivity index (χ2v) is 5.23. The maximum Gasteiger partial charge on any atom is 0.163 e. The summed E-state index contributed by atoms with van der Waals surface area (Å²) in [7, 11) is 0. The van der Waals surface area contributed by atoms with Crippen molar-refractivity contribution in [2.45, 2.75) is 6.92 Å². The van der Waals surface area contributed by atoms with Gasteiger partial charge in [-0.05, 0) is 35.0 Å². The van der Waals surface area contributed by atoms with Gasteiger partial charge in [0.2, 0.25) is 0 Å². The number of fused-ring (bicyclic) bond motifs is 1. The standard InChI is InChI=1S/C13H9BrClN3/c1-7-11-9(14)6-16-13(11)18-12(17-7)8-4-2-3-5-10(8)15/h2-6H,1H3,(H,16,17,18). The number of benzene rings is 1. The quantitative estimate of drug-likeness (QED) is 0.723. The largest absolute Gasteiger partial charge is 0.345 e. The van der Waals surface area contributed by atoms with E-state index in [1.807, 2.05) is 37.4 Å². The SMILES string of the molecule is Cc1nc(-c2ccccc2Cl)nc2[nH]cc(Br)c12. The first-order valence-electron chi connectivity index (χ1n) is 5.43. The Balaban J connectivity index is 2.29. The van der Waals surface area contributed by atoms with Crippen molar-refractivity contribution in [3.63, 3.8) is 0 Å². The molecule has 0 bridgehead atoms. The Morgan fingerprint density at radius 3 is 2.78 bits per heavy atom. The molecular formula is C13H9BrClN3. The van der Waals surface area contributed by atoms with Gasteiger partial charge in [0.1, 0.15) is 5.65 Å². The minimum Gasteiger partial charge on any atom is -0.345 e. The summed E-state index contributed by atoms with van der Waals surface area (Å²) in [6, 6.07) is 7.57. The van der Waals surface area contributed by atoms with Crippen LogP contribution in [0.1, 0.15) is 5.69 Å². The van der Waals surface area contributed by atoms with Gasteiger partial charge in [0.25, 0.3) is 0 Å². The first-order chi connectivity index (χ1) is 8.66. The molecule has 0 saturated carbocycles. The molecular weight excluding hydrogens is 314 g/mol. The molecule has 0 aliphatic rings. The summed E-state index contributed by atoms with van der Waals surface area (Å²) in [5.74, 6) is 0.639. The lowest BCUT2D eigenvalue weighted by Crippen LogP contribution is -1.94. The summed E-state index contributed by atoms with van der Waals surface area (Å²) in [6.45, 7) is 1.96. The Morgan fingerprint density at radius 2 is 2.00 bits per heavy atom. The van der Waals surface area contributed by atoms with Crippen LogP contribution in [0.2, 0.25) is 5.02 Å². The molecule has 1 N–H and O–H groups in total. The van der Waals surface area contributed by atoms with E-state index < -0.39 is 0 Å². The summed E-state index contributed by atoms with van der Waals surface area (Å²) in [6.07, 6.45) is 1.86. The molecule has 0 unspecified atom stereocenters. The number of nitrogens with zero attached hydrogens (tertiary/aromatic N) is 2. The molecule has 3 rings (SSSR count). The summed E-state index contributed by atoms with van der Waals surface area (Å²) in [5.41, 5.74) is 2.57. The fourth-order valence-electron chi connectivity index (χ4n) is 1.93. The van der Waals surface area contributed by atoms with Crippen LogP contribution in [-0.4, -0.2) is 15.0 Å². The van der Waals surface area contributed by atoms with Crippen LogP contribution in [0.3, 0.4) is 0 Å². The number of hydrogen-bond donors (Lipinski definition) is 1. The van der Waals surface area contributed by atoms with Crippen LogP contribution in [0.4, 0.5) is 0 Å². The molecule has 90 valence electrons. The van der Waals surface area contributed by atoms with E-state index in [2.05, 4.69) is 30.9 Å². The lowest BCUT2D eigenvalue weighted by atomic mass is 10.2. The third-order valence-corrected chi connectivity index (χ3v) is 3.73. The van der Waals surface area contributed by atoms with E-state index in [1.165, 1.54) is 0 Å². The van der Waals surface area contributed by atoms with Crippen LogP contribution in [0.15, 0.2) is 34.9 Å². The van der Waals surface area contributed by atoms with Crippen molar-refractivity contribution >= 4 is 38.6 Å². The molecule has 0 amide bonds. The van der Waals surface area contributed by atoms with Crippen molar-refractivity contribution in [1.29, 1.82) is 0 Å². The number of H-pyrrole nitrogens is 1. The van der Waals surface area contributed by atoms with Gasteiger partial charge in [0, 0.05) is 16.2 Å². The number of halogens is 2. The predicted molar refractivity (Wildman–Crippen MR) is 76.8 cm³/mol. The molecule has 0 aliphatic heterocycles. The van der Waals surface area contributed by atoms with Crippen molar-refractivity contribution in [3.05, 3.63) is 45.7 Å². The highest BCUT2D eigenvalue weighted by Crippen LogP contribution is 2.29. The Hall–Kier alpha value is -1.39. The molecule has 0 spiro atoms. The first-order valence-corrected chi connectivity index (χ1v) is 6.60. The van der Waals surface area contributed by atoms with Crippen LogP contribution >= 0.6 is 27.5 Å². The molecule has 2 aromatic heterocycles. The van der Waals surface area contributed by atoms with Crippen LogP contribution < -0.4 is 0 Å². The molecule has 1 aromatic carbocycles. The van der Waals surface area contributed by atoms with Crippen LogP contribution in [0.25, 0.3) is 22.4 Å². The van der Waals surface area contributed by atoms with Gasteiger partial charge in [0.05, 0.1) is 16.1 Å². The smallest absolute Gasteiger partial charge is 0.163 e. The molecule has 18 heavy (non-hydrogen) atoms. The third-order valence-electron chi connectivity index (χ3n) is 2.78. The molecule has 3 nitrogen and oxygen atoms in total. The van der Waals surface area contributed by atoms with Crippen molar-refractivity contribution in [3.8, 4) is 11.4 Å². The van der Waals surface area contributed by atoms with Gasteiger partial charge in [-0.25, -0.2) is 9.97 Å². The van der Waals surface area contributed by atoms with Gasteiger partial charge in [-0.3, -0.25) is 0 Å². The number of rotatable bonds is 1. The molecule has 0 saturated heterocycles. The number of aryl methyl sites for hydroxylation is 1. The third kappa shape index (κ3) is 1.82. The van der Waals surface area contributed by atoms with Crippen molar-refractivity contribution in [1.82, 2.24) is 15.0 Å². The van der Waals surface area contributed by atoms with E-state index in [9.17, 15) is 0 Å². The highest BCUT2D eigenvalue weighted by molar-refractivity contribution is 9.10. The zero-order valence-corrected chi connectivity index (χ0v) is 11.9. The molecule has 2 heterocycles. The van der Waals surface area contributed by atoms with Gasteiger partial charge in [-0.2, -0.15) is 0 Å². The van der Waals surface area contributed by atoms with Crippen LogP contribution in [0.5, 0.6) is 0 Å². The monoisotopic (exact) mass is 321 g/mol. The summed E-state index contributed by atoms with van der Waals surface area (Å²) in [5, 5.41) is 1.66. The van der Waals surface area contributed by atoms with Crippen LogP contribution in [-0.2, 0) is 0 Å². The van der Waals surface area contributed by atoms with Gasteiger partial charge < -0.3 is 4.98 Å². The summed E-state index contributed by atoms with van der Waals surface area (Å²) >= 11 is 9.64. The highest BCUT2D eigenvalue weighted by Gasteiger charge is 2.12. The molecule has 0 atom stereocenters. The van der Waals surface area contributed by atoms with Crippen molar-refractivity contribution in [2.24, 2.45) is 0 Å². The van der Waals surface area contributed by atoms with E-state index >= 15 is 0 Å². The fraction of sp³-hybridized carbons (Fsp3) is 0.0769. The zero-order chi connectivity index (χ0) is 12.7. The number of hydrogen-bond acceptors (Lipinski definition) is 2. The lowest BCUT2D eigenvalue weighted by molar-refractivity contribution is 1.15.